The van der Waals surface area contributed by atoms with Crippen molar-refractivity contribution >= 4 is 21.0 Å². The lowest BCUT2D eigenvalue weighted by Crippen LogP contribution is -2.19. The number of aromatic nitrogens is 2. The first-order chi connectivity index (χ1) is 12.4. The molecule has 0 saturated heterocycles. The minimum Gasteiger partial charge on any atom is -0.458 e. The molecule has 0 amide bonds. The van der Waals surface area contributed by atoms with Crippen molar-refractivity contribution in [1.82, 2.24) is 9.97 Å². The Hall–Kier alpha value is -2.71. The van der Waals surface area contributed by atoms with Crippen molar-refractivity contribution in [2.75, 3.05) is 0 Å². The minimum absolute atomic E-state index is 0.0142. The second kappa shape index (κ2) is 6.22. The van der Waals surface area contributed by atoms with E-state index in [0.717, 1.165) is 11.1 Å². The topological polar surface area (TPSA) is 98.6 Å². The first-order valence-corrected chi connectivity index (χ1v) is 9.47. The lowest BCUT2D eigenvalue weighted by atomic mass is 9.91. The zero-order valence-corrected chi connectivity index (χ0v) is 14.7. The number of fused-ring (bicyclic) bond motifs is 3. The van der Waals surface area contributed by atoms with Crippen LogP contribution in [0.1, 0.15) is 19.8 Å². The maximum Gasteiger partial charge on any atom is 0.290 e. The predicted octanol–water partition coefficient (Wildman–Crippen LogP) is 3.37. The second-order valence-electron chi connectivity index (χ2n) is 6.31. The summed E-state index contributed by atoms with van der Waals surface area (Å²) in [5.74, 6) is 1.10. The van der Waals surface area contributed by atoms with Crippen molar-refractivity contribution < 1.29 is 22.4 Å². The van der Waals surface area contributed by atoms with Gasteiger partial charge in [-0.15, -0.1) is 0 Å². The summed E-state index contributed by atoms with van der Waals surface area (Å²) >= 11 is 0. The number of rotatable bonds is 3. The number of allylic oxidation sites excluding steroid dienone is 5. The van der Waals surface area contributed by atoms with Gasteiger partial charge in [0.25, 0.3) is 10.1 Å². The highest BCUT2D eigenvalue weighted by molar-refractivity contribution is 7.89. The molecule has 1 aromatic heterocycles. The van der Waals surface area contributed by atoms with Gasteiger partial charge in [0.05, 0.1) is 15.8 Å². The van der Waals surface area contributed by atoms with E-state index >= 15 is 0 Å². The molecule has 2 aromatic rings. The van der Waals surface area contributed by atoms with Gasteiger partial charge in [0, 0.05) is 18.5 Å². The molecule has 0 bridgehead atoms. The van der Waals surface area contributed by atoms with Crippen LogP contribution >= 0.6 is 0 Å². The maximum absolute atomic E-state index is 11.7. The van der Waals surface area contributed by atoms with Crippen molar-refractivity contribution in [3.63, 3.8) is 0 Å². The van der Waals surface area contributed by atoms with E-state index in [2.05, 4.69) is 9.97 Å². The minimum atomic E-state index is -4.27. The molecule has 1 aromatic carbocycles. The van der Waals surface area contributed by atoms with Crippen LogP contribution in [-0.2, 0) is 10.1 Å². The summed E-state index contributed by atoms with van der Waals surface area (Å²) in [5.41, 5.74) is 1.75. The fraction of sp³-hybridized carbons (Fsp3) is 0.222. The summed E-state index contributed by atoms with van der Waals surface area (Å²) in [4.78, 5) is 8.20. The van der Waals surface area contributed by atoms with Gasteiger partial charge in [0.2, 0.25) is 0 Å². The molecule has 26 heavy (non-hydrogen) atoms. The lowest BCUT2D eigenvalue weighted by molar-refractivity contribution is 0.303. The smallest absolute Gasteiger partial charge is 0.290 e. The highest BCUT2D eigenvalue weighted by Crippen LogP contribution is 2.41. The number of hydrogen-bond donors (Lipinski definition) is 1. The average Bonchev–Trinajstić information content (AvgIpc) is 2.60. The van der Waals surface area contributed by atoms with E-state index in [-0.39, 0.29) is 11.3 Å². The molecule has 8 heteroatoms. The molecule has 134 valence electrons. The van der Waals surface area contributed by atoms with Crippen LogP contribution in [0.2, 0.25) is 0 Å². The van der Waals surface area contributed by atoms with Gasteiger partial charge in [-0.25, -0.2) is 9.97 Å². The monoisotopic (exact) mass is 372 g/mol. The Morgan fingerprint density at radius 2 is 2.15 bits per heavy atom. The lowest BCUT2D eigenvalue weighted by Gasteiger charge is -2.25. The molecule has 1 N–H and O–H groups in total. The molecule has 0 saturated carbocycles. The summed E-state index contributed by atoms with van der Waals surface area (Å²) in [7, 11) is -4.27. The van der Waals surface area contributed by atoms with Gasteiger partial charge in [-0.1, -0.05) is 11.6 Å². The number of benzene rings is 1. The van der Waals surface area contributed by atoms with Gasteiger partial charge in [-0.05, 0) is 31.6 Å². The Labute approximate surface area is 150 Å². The van der Waals surface area contributed by atoms with Crippen molar-refractivity contribution in [3.8, 4) is 11.5 Å². The van der Waals surface area contributed by atoms with Gasteiger partial charge >= 0.3 is 0 Å². The molecule has 0 fully saturated rings. The quantitative estimate of drug-likeness (QED) is 0.825. The van der Waals surface area contributed by atoms with Gasteiger partial charge < -0.3 is 9.47 Å². The van der Waals surface area contributed by atoms with Crippen LogP contribution in [0.25, 0.3) is 10.9 Å². The molecule has 0 unspecified atom stereocenters. The predicted molar refractivity (Wildman–Crippen MR) is 95.0 cm³/mol. The highest BCUT2D eigenvalue weighted by atomic mass is 32.2. The van der Waals surface area contributed by atoms with Crippen LogP contribution in [0.5, 0.6) is 11.5 Å². The highest BCUT2D eigenvalue weighted by Gasteiger charge is 2.30. The molecule has 2 aliphatic rings. The maximum atomic E-state index is 11.7. The summed E-state index contributed by atoms with van der Waals surface area (Å²) in [6.07, 6.45) is 8.50. The molecule has 7 nitrogen and oxygen atoms in total. The molecular formula is C18H16N2O5S. The molecule has 1 aliphatic heterocycles. The molecule has 1 aliphatic carbocycles. The fourth-order valence-corrected chi connectivity index (χ4v) is 4.04. The average molecular weight is 372 g/mol. The summed E-state index contributed by atoms with van der Waals surface area (Å²) < 4.78 is 44.5. The van der Waals surface area contributed by atoms with Crippen molar-refractivity contribution in [2.45, 2.75) is 19.8 Å². The van der Waals surface area contributed by atoms with Crippen LogP contribution in [0.3, 0.4) is 0 Å². The number of hydrogen-bond acceptors (Lipinski definition) is 6. The third kappa shape index (κ3) is 3.09. The molecule has 2 heterocycles. The fourth-order valence-electron chi connectivity index (χ4n) is 3.21. The van der Waals surface area contributed by atoms with Crippen molar-refractivity contribution in [3.05, 3.63) is 59.3 Å². The van der Waals surface area contributed by atoms with Crippen LogP contribution in [0.15, 0.2) is 59.3 Å². The van der Waals surface area contributed by atoms with Crippen LogP contribution in [-0.4, -0.2) is 22.9 Å². The van der Waals surface area contributed by atoms with Gasteiger partial charge in [0.15, 0.2) is 11.5 Å². The van der Waals surface area contributed by atoms with E-state index < -0.39 is 16.0 Å². The molecule has 0 spiro atoms. The Kier molecular flexibility index (Phi) is 4.01. The number of nitrogens with zero attached hydrogens (tertiary/aromatic N) is 2. The third-order valence-electron chi connectivity index (χ3n) is 4.40. The van der Waals surface area contributed by atoms with E-state index in [1.165, 1.54) is 18.7 Å². The Balaban J connectivity index is 1.63. The van der Waals surface area contributed by atoms with Crippen molar-refractivity contribution in [2.24, 2.45) is 5.92 Å². The molecule has 1 atom stereocenters. The van der Waals surface area contributed by atoms with E-state index in [0.29, 0.717) is 29.1 Å². The first-order valence-electron chi connectivity index (χ1n) is 8.03. The van der Waals surface area contributed by atoms with Gasteiger partial charge in [0.1, 0.15) is 18.3 Å². The second-order valence-corrected chi connectivity index (χ2v) is 7.74. The van der Waals surface area contributed by atoms with Crippen LogP contribution in [0.4, 0.5) is 0 Å². The van der Waals surface area contributed by atoms with Gasteiger partial charge in [-0.2, -0.15) is 8.42 Å². The molecular weight excluding hydrogens is 356 g/mol. The first kappa shape index (κ1) is 16.7. The summed E-state index contributed by atoms with van der Waals surface area (Å²) in [6.45, 7) is 1.91. The standard InChI is InChI=1S/C18H16N2O5S/c1-11-2-5-17(26(21,22)23)12(6-11)7-13-9-24-16-4-3-15-14(18(16)25-13)8-19-10-20-15/h2-5,8-10,12H,6-7H2,1H3,(H,21,22,23)/t12-/m1/s1. The van der Waals surface area contributed by atoms with Crippen molar-refractivity contribution in [1.29, 1.82) is 0 Å². The number of ether oxygens (including phenoxy) is 2. The van der Waals surface area contributed by atoms with E-state index in [9.17, 15) is 13.0 Å². The Bertz CT molecular complexity index is 1090. The Morgan fingerprint density at radius 3 is 2.96 bits per heavy atom. The van der Waals surface area contributed by atoms with E-state index in [4.69, 9.17) is 9.47 Å². The molecule has 0 radical (unpaired) electrons. The zero-order chi connectivity index (χ0) is 18.3. The third-order valence-corrected chi connectivity index (χ3v) is 5.47. The zero-order valence-electron chi connectivity index (χ0n) is 13.9. The summed E-state index contributed by atoms with van der Waals surface area (Å²) in [5, 5.41) is 0.709. The molecule has 4 rings (SSSR count). The van der Waals surface area contributed by atoms with Gasteiger partial charge in [-0.3, -0.25) is 4.55 Å². The Morgan fingerprint density at radius 1 is 1.31 bits per heavy atom. The van der Waals surface area contributed by atoms with E-state index in [1.54, 1.807) is 18.3 Å². The van der Waals surface area contributed by atoms with Crippen LogP contribution in [0, 0.1) is 5.92 Å². The normalized spacial score (nSPS) is 19.6. The SMILES string of the molecule is CC1=CC=C(S(=O)(=O)O)[C@@H](CC2=COc3ccc4ncncc4c3O2)C1. The summed E-state index contributed by atoms with van der Waals surface area (Å²) in [6, 6.07) is 3.57. The van der Waals surface area contributed by atoms with Crippen LogP contribution < -0.4 is 9.47 Å². The largest absolute Gasteiger partial charge is 0.458 e. The van der Waals surface area contributed by atoms with E-state index in [1.807, 2.05) is 13.0 Å².